The van der Waals surface area contributed by atoms with Gasteiger partial charge in [0, 0.05) is 19.3 Å². The van der Waals surface area contributed by atoms with E-state index in [0.29, 0.717) is 13.1 Å². The summed E-state index contributed by atoms with van der Waals surface area (Å²) in [4.78, 5) is 3.88. The van der Waals surface area contributed by atoms with Crippen LogP contribution in [0.2, 0.25) is 0 Å². The van der Waals surface area contributed by atoms with Crippen molar-refractivity contribution >= 4 is 15.8 Å². The number of nitrogen functional groups attached to an aromatic ring is 1. The van der Waals surface area contributed by atoms with Gasteiger partial charge in [-0.25, -0.2) is 13.4 Å². The molecule has 2 rings (SSSR count). The molecule has 100 valence electrons. The Morgan fingerprint density at radius 3 is 2.56 bits per heavy atom. The third kappa shape index (κ3) is 2.47. The molecule has 18 heavy (non-hydrogen) atoms. The minimum Gasteiger partial charge on any atom is -0.383 e. The second-order valence-corrected chi connectivity index (χ2v) is 6.37. The minimum absolute atomic E-state index is 0.0318. The van der Waals surface area contributed by atoms with Crippen molar-refractivity contribution in [1.29, 1.82) is 0 Å². The summed E-state index contributed by atoms with van der Waals surface area (Å²) in [7, 11) is -3.59. The van der Waals surface area contributed by atoms with Crippen molar-refractivity contribution in [3.05, 3.63) is 18.3 Å². The number of sulfonamides is 1. The summed E-state index contributed by atoms with van der Waals surface area (Å²) in [5, 5.41) is 0. The summed E-state index contributed by atoms with van der Waals surface area (Å²) in [5.41, 5.74) is 5.63. The maximum absolute atomic E-state index is 12.4. The molecule has 2 heterocycles. The molecule has 0 aromatic carbocycles. The fourth-order valence-electron chi connectivity index (χ4n) is 2.09. The van der Waals surface area contributed by atoms with Crippen LogP contribution in [0.4, 0.5) is 5.82 Å². The standard InChI is InChI=1S/C11H17N3O3S/c1-8-6-14(7-9(2)17-8)18(15,16)10-4-3-5-13-11(10)12/h3-5,8-9H,6-7H2,1-2H3,(H2,12,13)/t8-,9+. The molecule has 0 unspecified atom stereocenters. The van der Waals surface area contributed by atoms with E-state index in [-0.39, 0.29) is 22.9 Å². The van der Waals surface area contributed by atoms with E-state index in [1.807, 2.05) is 13.8 Å². The number of anilines is 1. The van der Waals surface area contributed by atoms with Gasteiger partial charge in [-0.1, -0.05) is 0 Å². The second kappa shape index (κ2) is 4.83. The third-order valence-corrected chi connectivity index (χ3v) is 4.68. The van der Waals surface area contributed by atoms with Gasteiger partial charge in [-0.3, -0.25) is 0 Å². The van der Waals surface area contributed by atoms with Crippen molar-refractivity contribution in [3.8, 4) is 0 Å². The highest BCUT2D eigenvalue weighted by atomic mass is 32.2. The molecule has 2 atom stereocenters. The van der Waals surface area contributed by atoms with E-state index in [1.54, 1.807) is 6.07 Å². The zero-order valence-corrected chi connectivity index (χ0v) is 11.2. The fourth-order valence-corrected chi connectivity index (χ4v) is 3.75. The molecule has 0 saturated carbocycles. The first-order valence-corrected chi connectivity index (χ1v) is 7.21. The number of aromatic nitrogens is 1. The first kappa shape index (κ1) is 13.3. The highest BCUT2D eigenvalue weighted by molar-refractivity contribution is 7.89. The predicted molar refractivity (Wildman–Crippen MR) is 67.4 cm³/mol. The SMILES string of the molecule is C[C@@H]1CN(S(=O)(=O)c2cccnc2N)C[C@H](C)O1. The summed E-state index contributed by atoms with van der Waals surface area (Å²) in [6, 6.07) is 3.04. The number of hydrogen-bond acceptors (Lipinski definition) is 5. The van der Waals surface area contributed by atoms with Crippen LogP contribution < -0.4 is 5.73 Å². The third-order valence-electron chi connectivity index (χ3n) is 2.80. The summed E-state index contributed by atoms with van der Waals surface area (Å²) < 4.78 is 31.8. The zero-order chi connectivity index (χ0) is 13.3. The van der Waals surface area contributed by atoms with E-state index < -0.39 is 10.0 Å². The van der Waals surface area contributed by atoms with E-state index in [9.17, 15) is 8.42 Å². The first-order valence-electron chi connectivity index (χ1n) is 5.77. The quantitative estimate of drug-likeness (QED) is 0.844. The Balaban J connectivity index is 2.34. The van der Waals surface area contributed by atoms with E-state index >= 15 is 0 Å². The van der Waals surface area contributed by atoms with Crippen LogP contribution in [-0.2, 0) is 14.8 Å². The molecule has 1 aromatic heterocycles. The molecule has 7 heteroatoms. The van der Waals surface area contributed by atoms with Crippen molar-refractivity contribution in [3.63, 3.8) is 0 Å². The van der Waals surface area contributed by atoms with E-state index in [2.05, 4.69) is 4.98 Å². The molecule has 0 aliphatic carbocycles. The first-order chi connectivity index (χ1) is 8.41. The predicted octanol–water partition coefficient (Wildman–Crippen LogP) is 0.462. The molecule has 2 N–H and O–H groups in total. The van der Waals surface area contributed by atoms with Crippen LogP contribution >= 0.6 is 0 Å². The number of morpholine rings is 1. The van der Waals surface area contributed by atoms with Gasteiger partial charge in [-0.15, -0.1) is 0 Å². The Labute approximate surface area is 107 Å². The van der Waals surface area contributed by atoms with Gasteiger partial charge in [0.1, 0.15) is 10.7 Å². The van der Waals surface area contributed by atoms with Gasteiger partial charge in [-0.2, -0.15) is 4.31 Å². The van der Waals surface area contributed by atoms with Crippen molar-refractivity contribution in [2.45, 2.75) is 31.0 Å². The molecule has 1 aliphatic heterocycles. The maximum Gasteiger partial charge on any atom is 0.246 e. The highest BCUT2D eigenvalue weighted by Crippen LogP contribution is 2.23. The summed E-state index contributed by atoms with van der Waals surface area (Å²) in [5.74, 6) is 0.0318. The van der Waals surface area contributed by atoms with Crippen LogP contribution in [0.15, 0.2) is 23.2 Å². The Morgan fingerprint density at radius 2 is 2.00 bits per heavy atom. The van der Waals surface area contributed by atoms with Crippen LogP contribution in [0, 0.1) is 0 Å². The van der Waals surface area contributed by atoms with E-state index in [1.165, 1.54) is 16.6 Å². The molecule has 1 aromatic rings. The monoisotopic (exact) mass is 271 g/mol. The largest absolute Gasteiger partial charge is 0.383 e. The van der Waals surface area contributed by atoms with Gasteiger partial charge < -0.3 is 10.5 Å². The lowest BCUT2D eigenvalue weighted by Crippen LogP contribution is -2.48. The molecular formula is C11H17N3O3S. The topological polar surface area (TPSA) is 85.5 Å². The second-order valence-electron chi connectivity index (χ2n) is 4.47. The molecule has 0 amide bonds. The van der Waals surface area contributed by atoms with Gasteiger partial charge in [0.25, 0.3) is 0 Å². The molecule has 1 fully saturated rings. The van der Waals surface area contributed by atoms with E-state index in [0.717, 1.165) is 0 Å². The molecular weight excluding hydrogens is 254 g/mol. The number of nitrogens with zero attached hydrogens (tertiary/aromatic N) is 2. The average Bonchev–Trinajstić information content (AvgIpc) is 2.28. The van der Waals surface area contributed by atoms with Gasteiger partial charge in [0.05, 0.1) is 12.2 Å². The molecule has 1 aliphatic rings. The molecule has 0 bridgehead atoms. The number of ether oxygens (including phenoxy) is 1. The molecule has 6 nitrogen and oxygen atoms in total. The smallest absolute Gasteiger partial charge is 0.246 e. The average molecular weight is 271 g/mol. The normalized spacial score (nSPS) is 26.1. The Morgan fingerprint density at radius 1 is 1.39 bits per heavy atom. The molecule has 0 spiro atoms. The Hall–Kier alpha value is -1.18. The summed E-state index contributed by atoms with van der Waals surface area (Å²) >= 11 is 0. The number of hydrogen-bond donors (Lipinski definition) is 1. The van der Waals surface area contributed by atoms with Gasteiger partial charge in [0.2, 0.25) is 10.0 Å². The maximum atomic E-state index is 12.4. The van der Waals surface area contributed by atoms with Crippen LogP contribution in [0.25, 0.3) is 0 Å². The van der Waals surface area contributed by atoms with Crippen LogP contribution in [0.3, 0.4) is 0 Å². The van der Waals surface area contributed by atoms with Crippen molar-refractivity contribution < 1.29 is 13.2 Å². The lowest BCUT2D eigenvalue weighted by atomic mass is 10.3. The van der Waals surface area contributed by atoms with Gasteiger partial charge >= 0.3 is 0 Å². The summed E-state index contributed by atoms with van der Waals surface area (Å²) in [6.45, 7) is 4.37. The van der Waals surface area contributed by atoms with Gasteiger partial charge in [0.15, 0.2) is 0 Å². The number of rotatable bonds is 2. The van der Waals surface area contributed by atoms with E-state index in [4.69, 9.17) is 10.5 Å². The minimum atomic E-state index is -3.59. The Kier molecular flexibility index (Phi) is 3.56. The molecule has 0 radical (unpaired) electrons. The lowest BCUT2D eigenvalue weighted by molar-refractivity contribution is -0.0440. The summed E-state index contributed by atoms with van der Waals surface area (Å²) in [6.07, 6.45) is 1.22. The fraction of sp³-hybridized carbons (Fsp3) is 0.545. The lowest BCUT2D eigenvalue weighted by Gasteiger charge is -2.34. The van der Waals surface area contributed by atoms with Crippen molar-refractivity contribution in [2.24, 2.45) is 0 Å². The van der Waals surface area contributed by atoms with Crippen LogP contribution in [0.5, 0.6) is 0 Å². The van der Waals surface area contributed by atoms with Crippen molar-refractivity contribution in [1.82, 2.24) is 9.29 Å². The van der Waals surface area contributed by atoms with Crippen LogP contribution in [-0.4, -0.2) is 43.0 Å². The number of nitrogens with two attached hydrogens (primary N) is 1. The number of pyridine rings is 1. The highest BCUT2D eigenvalue weighted by Gasteiger charge is 2.33. The van der Waals surface area contributed by atoms with Crippen LogP contribution in [0.1, 0.15) is 13.8 Å². The zero-order valence-electron chi connectivity index (χ0n) is 10.4. The Bertz CT molecular complexity index is 522. The van der Waals surface area contributed by atoms with Crippen molar-refractivity contribution in [2.75, 3.05) is 18.8 Å². The molecule has 1 saturated heterocycles. The van der Waals surface area contributed by atoms with Gasteiger partial charge in [-0.05, 0) is 26.0 Å².